The summed E-state index contributed by atoms with van der Waals surface area (Å²) >= 11 is 0. The fourth-order valence-corrected chi connectivity index (χ4v) is 2.42. The van der Waals surface area contributed by atoms with E-state index in [1.54, 1.807) is 6.20 Å². The first-order valence-corrected chi connectivity index (χ1v) is 7.05. The summed E-state index contributed by atoms with van der Waals surface area (Å²) in [6.45, 7) is 4.84. The van der Waals surface area contributed by atoms with Crippen molar-refractivity contribution in [2.45, 2.75) is 26.3 Å². The maximum absolute atomic E-state index is 4.52. The van der Waals surface area contributed by atoms with E-state index in [1.165, 1.54) is 12.8 Å². The zero-order valence-corrected chi connectivity index (χ0v) is 11.7. The summed E-state index contributed by atoms with van der Waals surface area (Å²) in [6.07, 6.45) is 6.22. The number of aryl methyl sites for hydroxylation is 1. The minimum Gasteiger partial charge on any atom is -0.378 e. The summed E-state index contributed by atoms with van der Waals surface area (Å²) in [5, 5.41) is 3.33. The van der Waals surface area contributed by atoms with E-state index < -0.39 is 0 Å². The molecule has 1 aliphatic heterocycles. The highest BCUT2D eigenvalue weighted by Crippen LogP contribution is 2.19. The number of rotatable bonds is 4. The van der Waals surface area contributed by atoms with Crippen LogP contribution >= 0.6 is 0 Å². The molecule has 0 spiro atoms. The van der Waals surface area contributed by atoms with Crippen molar-refractivity contribution < 1.29 is 0 Å². The van der Waals surface area contributed by atoms with Crippen LogP contribution in [0.2, 0.25) is 0 Å². The number of hydrogen-bond donors (Lipinski definition) is 1. The molecule has 0 aromatic carbocycles. The van der Waals surface area contributed by atoms with Gasteiger partial charge in [0.1, 0.15) is 11.6 Å². The van der Waals surface area contributed by atoms with Crippen molar-refractivity contribution >= 4 is 11.5 Å². The fraction of sp³-hybridized carbons (Fsp3) is 0.400. The molecule has 20 heavy (non-hydrogen) atoms. The van der Waals surface area contributed by atoms with Crippen molar-refractivity contribution in [3.63, 3.8) is 0 Å². The SMILES string of the molecule is Cc1nccc(CNc2ccc(N3CCCC3)nc2)n1. The van der Waals surface area contributed by atoms with Crippen LogP contribution < -0.4 is 10.2 Å². The quantitative estimate of drug-likeness (QED) is 0.923. The Morgan fingerprint density at radius 1 is 1.15 bits per heavy atom. The molecule has 2 aromatic heterocycles. The third kappa shape index (κ3) is 3.04. The number of nitrogens with zero attached hydrogens (tertiary/aromatic N) is 4. The summed E-state index contributed by atoms with van der Waals surface area (Å²) < 4.78 is 0. The van der Waals surface area contributed by atoms with Crippen LogP contribution in [0.3, 0.4) is 0 Å². The molecule has 0 unspecified atom stereocenters. The van der Waals surface area contributed by atoms with Gasteiger partial charge in [0.25, 0.3) is 0 Å². The molecule has 1 fully saturated rings. The van der Waals surface area contributed by atoms with Crippen molar-refractivity contribution in [2.75, 3.05) is 23.3 Å². The molecule has 1 saturated heterocycles. The molecule has 104 valence electrons. The Labute approximate surface area is 119 Å². The van der Waals surface area contributed by atoms with E-state index in [0.29, 0.717) is 6.54 Å². The highest BCUT2D eigenvalue weighted by Gasteiger charge is 2.12. The molecule has 0 bridgehead atoms. The van der Waals surface area contributed by atoms with Gasteiger partial charge in [-0.05, 0) is 38.0 Å². The van der Waals surface area contributed by atoms with Crippen LogP contribution in [-0.2, 0) is 6.54 Å². The molecule has 0 atom stereocenters. The normalized spacial score (nSPS) is 14.6. The van der Waals surface area contributed by atoms with Gasteiger partial charge in [0, 0.05) is 19.3 Å². The van der Waals surface area contributed by atoms with E-state index >= 15 is 0 Å². The Bertz CT molecular complexity index is 561. The first-order valence-electron chi connectivity index (χ1n) is 7.05. The van der Waals surface area contributed by atoms with Gasteiger partial charge >= 0.3 is 0 Å². The fourth-order valence-electron chi connectivity index (χ4n) is 2.42. The maximum atomic E-state index is 4.52. The zero-order chi connectivity index (χ0) is 13.8. The second-order valence-corrected chi connectivity index (χ2v) is 5.05. The van der Waals surface area contributed by atoms with Crippen molar-refractivity contribution in [3.8, 4) is 0 Å². The number of nitrogens with one attached hydrogen (secondary N) is 1. The molecule has 5 heteroatoms. The summed E-state index contributed by atoms with van der Waals surface area (Å²) in [6, 6.07) is 6.08. The van der Waals surface area contributed by atoms with E-state index in [0.717, 1.165) is 36.1 Å². The Morgan fingerprint density at radius 3 is 2.70 bits per heavy atom. The third-order valence-electron chi connectivity index (χ3n) is 3.49. The lowest BCUT2D eigenvalue weighted by atomic mass is 10.3. The van der Waals surface area contributed by atoms with Crippen LogP contribution in [0.25, 0.3) is 0 Å². The molecule has 0 amide bonds. The van der Waals surface area contributed by atoms with Crippen molar-refractivity contribution in [1.29, 1.82) is 0 Å². The average molecular weight is 269 g/mol. The van der Waals surface area contributed by atoms with Crippen LogP contribution in [0.4, 0.5) is 11.5 Å². The standard InChI is InChI=1S/C15H19N5/c1-12-16-7-6-14(19-12)11-17-13-4-5-15(18-10-13)20-8-2-3-9-20/h4-7,10,17H,2-3,8-9,11H2,1H3. The number of aromatic nitrogens is 3. The molecule has 3 heterocycles. The van der Waals surface area contributed by atoms with Gasteiger partial charge in [-0.25, -0.2) is 15.0 Å². The van der Waals surface area contributed by atoms with E-state index in [-0.39, 0.29) is 0 Å². The van der Waals surface area contributed by atoms with Gasteiger partial charge in [-0.2, -0.15) is 0 Å². The lowest BCUT2D eigenvalue weighted by molar-refractivity contribution is 0.933. The predicted octanol–water partition coefficient (Wildman–Crippen LogP) is 2.39. The third-order valence-corrected chi connectivity index (χ3v) is 3.49. The lowest BCUT2D eigenvalue weighted by Crippen LogP contribution is -2.18. The first kappa shape index (κ1) is 12.8. The summed E-state index contributed by atoms with van der Waals surface area (Å²) in [5.41, 5.74) is 2.00. The summed E-state index contributed by atoms with van der Waals surface area (Å²) in [7, 11) is 0. The Morgan fingerprint density at radius 2 is 2.00 bits per heavy atom. The minimum atomic E-state index is 0.689. The number of pyridine rings is 1. The van der Waals surface area contributed by atoms with Crippen molar-refractivity contribution in [2.24, 2.45) is 0 Å². The van der Waals surface area contributed by atoms with Crippen molar-refractivity contribution in [3.05, 3.63) is 42.1 Å². The number of anilines is 2. The topological polar surface area (TPSA) is 53.9 Å². The van der Waals surface area contributed by atoms with E-state index in [9.17, 15) is 0 Å². The largest absolute Gasteiger partial charge is 0.378 e. The molecule has 3 rings (SSSR count). The van der Waals surface area contributed by atoms with Crippen molar-refractivity contribution in [1.82, 2.24) is 15.0 Å². The molecule has 5 nitrogen and oxygen atoms in total. The molecule has 0 aliphatic carbocycles. The van der Waals surface area contributed by atoms with Gasteiger partial charge in [0.2, 0.25) is 0 Å². The lowest BCUT2D eigenvalue weighted by Gasteiger charge is -2.16. The van der Waals surface area contributed by atoms with Crippen LogP contribution in [-0.4, -0.2) is 28.0 Å². The summed E-state index contributed by atoms with van der Waals surface area (Å²) in [5.74, 6) is 1.87. The average Bonchev–Trinajstić information content (AvgIpc) is 3.00. The van der Waals surface area contributed by atoms with Gasteiger partial charge in [-0.3, -0.25) is 0 Å². The molecule has 0 saturated carbocycles. The highest BCUT2D eigenvalue weighted by atomic mass is 15.2. The first-order chi connectivity index (χ1) is 9.81. The van der Waals surface area contributed by atoms with Crippen LogP contribution in [0.5, 0.6) is 0 Å². The summed E-state index contributed by atoms with van der Waals surface area (Å²) in [4.78, 5) is 15.3. The van der Waals surface area contributed by atoms with Gasteiger partial charge in [-0.1, -0.05) is 0 Å². The second-order valence-electron chi connectivity index (χ2n) is 5.05. The monoisotopic (exact) mass is 269 g/mol. The zero-order valence-electron chi connectivity index (χ0n) is 11.7. The molecule has 1 aliphatic rings. The van der Waals surface area contributed by atoms with Gasteiger partial charge in [-0.15, -0.1) is 0 Å². The van der Waals surface area contributed by atoms with Crippen LogP contribution in [0, 0.1) is 6.92 Å². The molecule has 2 aromatic rings. The van der Waals surface area contributed by atoms with Gasteiger partial charge < -0.3 is 10.2 Å². The van der Waals surface area contributed by atoms with E-state index in [2.05, 4.69) is 37.3 Å². The van der Waals surface area contributed by atoms with Gasteiger partial charge in [0.15, 0.2) is 0 Å². The van der Waals surface area contributed by atoms with E-state index in [4.69, 9.17) is 0 Å². The molecule has 1 N–H and O–H groups in total. The number of hydrogen-bond acceptors (Lipinski definition) is 5. The second kappa shape index (κ2) is 5.86. The smallest absolute Gasteiger partial charge is 0.128 e. The molecular formula is C15H19N5. The molecular weight excluding hydrogens is 250 g/mol. The Balaban J connectivity index is 1.60. The Kier molecular flexibility index (Phi) is 3.76. The highest BCUT2D eigenvalue weighted by molar-refractivity contribution is 5.49. The maximum Gasteiger partial charge on any atom is 0.128 e. The van der Waals surface area contributed by atoms with Crippen LogP contribution in [0.15, 0.2) is 30.6 Å². The minimum absolute atomic E-state index is 0.689. The molecule has 0 radical (unpaired) electrons. The van der Waals surface area contributed by atoms with E-state index in [1.807, 2.05) is 19.2 Å². The predicted molar refractivity (Wildman–Crippen MR) is 79.8 cm³/mol. The van der Waals surface area contributed by atoms with Crippen LogP contribution in [0.1, 0.15) is 24.4 Å². The Hall–Kier alpha value is -2.17. The van der Waals surface area contributed by atoms with Gasteiger partial charge in [0.05, 0.1) is 24.1 Å².